The molecule has 0 aromatic heterocycles. The van der Waals surface area contributed by atoms with Crippen molar-refractivity contribution in [3.63, 3.8) is 0 Å². The van der Waals surface area contributed by atoms with E-state index in [1.54, 1.807) is 30.3 Å². The Hall–Kier alpha value is -2.08. The molecule has 13 heavy (non-hydrogen) atoms. The number of diazo groups is 1. The molecule has 0 aromatic rings. The Morgan fingerprint density at radius 3 is 2.54 bits per heavy atom. The van der Waals surface area contributed by atoms with E-state index in [1.807, 2.05) is 0 Å². The van der Waals surface area contributed by atoms with Gasteiger partial charge >= 0.3 is 5.69 Å². The molecule has 0 aliphatic heterocycles. The molecule has 0 saturated carbocycles. The highest BCUT2D eigenvalue weighted by Crippen LogP contribution is 2.37. The average molecular weight is 170 g/mol. The Morgan fingerprint density at radius 1 is 1.00 bits per heavy atom. The summed E-state index contributed by atoms with van der Waals surface area (Å²) in [5.74, 6) is -0.0603. The molecule has 3 heteroatoms. The molecule has 2 aliphatic rings. The van der Waals surface area contributed by atoms with Gasteiger partial charge in [0.05, 0.1) is 5.56 Å². The summed E-state index contributed by atoms with van der Waals surface area (Å²) < 4.78 is 0. The van der Waals surface area contributed by atoms with Crippen molar-refractivity contribution < 1.29 is 5.11 Å². The first-order chi connectivity index (χ1) is 6.33. The number of nitrogens with zero attached hydrogens (tertiary/aromatic N) is 2. The minimum atomic E-state index is -0.0603. The van der Waals surface area contributed by atoms with E-state index >= 15 is 0 Å². The molecule has 0 bridgehead atoms. The fourth-order valence-corrected chi connectivity index (χ4v) is 1.34. The molecule has 2 rings (SSSR count). The van der Waals surface area contributed by atoms with Crippen LogP contribution >= 0.6 is 0 Å². The summed E-state index contributed by atoms with van der Waals surface area (Å²) in [5.41, 5.74) is 1.69. The van der Waals surface area contributed by atoms with Gasteiger partial charge in [-0.1, -0.05) is 18.2 Å². The van der Waals surface area contributed by atoms with Crippen molar-refractivity contribution in [2.45, 2.75) is 0 Å². The Labute approximate surface area is 75.2 Å². The van der Waals surface area contributed by atoms with Gasteiger partial charge in [-0.05, 0) is 17.7 Å². The van der Waals surface area contributed by atoms with Gasteiger partial charge in [0.25, 0.3) is 0 Å². The molecular formula is C10H6N2O. The highest BCUT2D eigenvalue weighted by molar-refractivity contribution is 5.84. The van der Waals surface area contributed by atoms with Gasteiger partial charge in [-0.3, -0.25) is 0 Å². The summed E-state index contributed by atoms with van der Waals surface area (Å²) in [6, 6.07) is 9.94. The second-order valence-corrected chi connectivity index (χ2v) is 2.73. The van der Waals surface area contributed by atoms with Gasteiger partial charge in [-0.15, -0.1) is 5.75 Å². The maximum atomic E-state index is 11.4. The van der Waals surface area contributed by atoms with Gasteiger partial charge < -0.3 is 5.11 Å². The first-order valence-corrected chi connectivity index (χ1v) is 3.87. The molecule has 0 aromatic carbocycles. The molecule has 0 heterocycles. The van der Waals surface area contributed by atoms with Crippen molar-refractivity contribution in [1.82, 2.24) is 0 Å². The van der Waals surface area contributed by atoms with Gasteiger partial charge in [0.2, 0.25) is 5.39 Å². The number of rotatable bonds is 0. The van der Waals surface area contributed by atoms with Crippen LogP contribution in [0.25, 0.3) is 16.1 Å². The van der Waals surface area contributed by atoms with Gasteiger partial charge in [0.15, 0.2) is 4.98 Å². The lowest BCUT2D eigenvalue weighted by molar-refractivity contribution is -0.267. The Kier molecular flexibility index (Phi) is 1.60. The first-order valence-electron chi connectivity index (χ1n) is 3.87. The van der Waals surface area contributed by atoms with E-state index in [-0.39, 0.29) is 5.75 Å². The van der Waals surface area contributed by atoms with E-state index < -0.39 is 0 Å². The molecule has 0 spiro atoms. The summed E-state index contributed by atoms with van der Waals surface area (Å²) >= 11 is 0. The molecule has 0 amide bonds. The second-order valence-electron chi connectivity index (χ2n) is 2.73. The molecule has 2 aliphatic carbocycles. The smallest absolute Gasteiger partial charge is 0.392 e. The SMILES string of the molecule is N#[N+]c1ccc2c([O-])ccccc1-2. The van der Waals surface area contributed by atoms with Crippen LogP contribution in [0.3, 0.4) is 0 Å². The van der Waals surface area contributed by atoms with Crippen LogP contribution in [0.2, 0.25) is 0 Å². The normalized spacial score (nSPS) is 9.77. The summed E-state index contributed by atoms with van der Waals surface area (Å²) in [5, 5.41) is 20.0. The Balaban J connectivity index is 2.79. The van der Waals surface area contributed by atoms with Crippen molar-refractivity contribution in [3.8, 4) is 16.9 Å². The zero-order chi connectivity index (χ0) is 9.26. The summed E-state index contributed by atoms with van der Waals surface area (Å²) in [6.07, 6.45) is 0. The molecule has 0 atom stereocenters. The van der Waals surface area contributed by atoms with Gasteiger partial charge in [0.1, 0.15) is 0 Å². The van der Waals surface area contributed by atoms with Crippen LogP contribution in [0, 0.1) is 5.39 Å². The van der Waals surface area contributed by atoms with E-state index in [2.05, 4.69) is 4.98 Å². The molecular weight excluding hydrogens is 164 g/mol. The Bertz CT molecular complexity index is 459. The maximum absolute atomic E-state index is 11.4. The fraction of sp³-hybridized carbons (Fsp3) is 0. The largest absolute Gasteiger partial charge is 0.872 e. The van der Waals surface area contributed by atoms with E-state index in [4.69, 9.17) is 5.39 Å². The second kappa shape index (κ2) is 2.76. The van der Waals surface area contributed by atoms with Crippen molar-refractivity contribution >= 4 is 5.69 Å². The lowest BCUT2D eigenvalue weighted by Gasteiger charge is -2.04. The number of hydrogen-bond donors (Lipinski definition) is 0. The van der Waals surface area contributed by atoms with Gasteiger partial charge in [0, 0.05) is 6.07 Å². The topological polar surface area (TPSA) is 51.2 Å². The monoisotopic (exact) mass is 170 g/mol. The zero-order valence-corrected chi connectivity index (χ0v) is 6.77. The van der Waals surface area contributed by atoms with E-state index in [0.29, 0.717) is 16.8 Å². The first kappa shape index (κ1) is 7.56. The summed E-state index contributed by atoms with van der Waals surface area (Å²) in [4.78, 5) is 3.09. The third-order valence-electron chi connectivity index (χ3n) is 1.97. The van der Waals surface area contributed by atoms with E-state index in [0.717, 1.165) is 0 Å². The standard InChI is InChI=1S/C10H6N2O/c11-12-9-6-5-8-7(9)3-1-2-4-10(8)13/h1-6H. The van der Waals surface area contributed by atoms with Crippen LogP contribution in [-0.2, 0) is 0 Å². The molecule has 0 N–H and O–H groups in total. The molecule has 0 radical (unpaired) electrons. The molecule has 0 fully saturated rings. The summed E-state index contributed by atoms with van der Waals surface area (Å²) in [6.45, 7) is 0. The minimum absolute atomic E-state index is 0.0603. The fourth-order valence-electron chi connectivity index (χ4n) is 1.34. The van der Waals surface area contributed by atoms with Gasteiger partial charge in [-0.2, -0.15) is 0 Å². The van der Waals surface area contributed by atoms with Crippen molar-refractivity contribution in [2.24, 2.45) is 0 Å². The zero-order valence-electron chi connectivity index (χ0n) is 6.77. The third-order valence-corrected chi connectivity index (χ3v) is 1.97. The predicted molar refractivity (Wildman–Crippen MR) is 47.3 cm³/mol. The molecule has 0 saturated heterocycles. The van der Waals surface area contributed by atoms with Crippen LogP contribution in [0.4, 0.5) is 5.69 Å². The maximum Gasteiger partial charge on any atom is 0.392 e. The van der Waals surface area contributed by atoms with Gasteiger partial charge in [-0.25, -0.2) is 0 Å². The molecule has 3 nitrogen and oxygen atoms in total. The summed E-state index contributed by atoms with van der Waals surface area (Å²) in [7, 11) is 0. The quantitative estimate of drug-likeness (QED) is 0.570. The molecule has 0 unspecified atom stereocenters. The van der Waals surface area contributed by atoms with Crippen LogP contribution in [0.15, 0.2) is 36.4 Å². The van der Waals surface area contributed by atoms with Crippen molar-refractivity contribution in [1.29, 1.82) is 5.39 Å². The highest BCUT2D eigenvalue weighted by atomic mass is 16.3. The highest BCUT2D eigenvalue weighted by Gasteiger charge is 2.17. The van der Waals surface area contributed by atoms with Crippen LogP contribution in [0.1, 0.15) is 0 Å². The van der Waals surface area contributed by atoms with E-state index in [9.17, 15) is 5.11 Å². The minimum Gasteiger partial charge on any atom is -0.872 e. The number of hydrogen-bond acceptors (Lipinski definition) is 2. The van der Waals surface area contributed by atoms with Crippen LogP contribution in [-0.4, -0.2) is 0 Å². The lowest BCUT2D eigenvalue weighted by Crippen LogP contribution is -1.88. The average Bonchev–Trinajstić information content (AvgIpc) is 2.47. The predicted octanol–water partition coefficient (Wildman–Crippen LogP) is 2.35. The molecule has 62 valence electrons. The number of fused-ring (bicyclic) bond motifs is 1. The van der Waals surface area contributed by atoms with Crippen LogP contribution in [0.5, 0.6) is 5.75 Å². The van der Waals surface area contributed by atoms with Crippen LogP contribution < -0.4 is 5.11 Å². The Morgan fingerprint density at radius 2 is 1.77 bits per heavy atom. The third kappa shape index (κ3) is 1.09. The van der Waals surface area contributed by atoms with Crippen molar-refractivity contribution in [2.75, 3.05) is 0 Å². The van der Waals surface area contributed by atoms with Crippen molar-refractivity contribution in [3.05, 3.63) is 41.4 Å². The van der Waals surface area contributed by atoms with E-state index in [1.165, 1.54) is 6.07 Å². The lowest BCUT2D eigenvalue weighted by atomic mass is 10.2.